The summed E-state index contributed by atoms with van der Waals surface area (Å²) in [5.41, 5.74) is 0.599. The van der Waals surface area contributed by atoms with Crippen LogP contribution in [-0.4, -0.2) is 117 Å². The third-order valence-electron chi connectivity index (χ3n) is 9.50. The molecule has 308 valence electrons. The average molecular weight is 880 g/mol. The maximum atomic E-state index is 13.7. The van der Waals surface area contributed by atoms with Crippen LogP contribution in [0, 0.1) is 5.92 Å². The lowest BCUT2D eigenvalue weighted by molar-refractivity contribution is -0.122. The fraction of sp³-hybridized carbons (Fsp3) is 0.438. The van der Waals surface area contributed by atoms with Gasteiger partial charge in [-0.3, -0.25) is 37.1 Å². The van der Waals surface area contributed by atoms with Gasteiger partial charge in [0.2, 0.25) is 5.91 Å². The maximum Gasteiger partial charge on any atom is 0.386 e. The Hall–Kier alpha value is -3.87. The standard InChI is InChI=1S/C32H35N9O13P2S2/c1-14(2)29(45)38-19-8-16(42)20-28(37-19)41(12-35-20)31-23(44)24-18(52-31)10-50-56(48,58)54-25-22(43)17(9-49-55(47,57)53-24)51-32(25)40-13-36-21-26(33-11-34-27(21)40)39-30(46)15-6-4-3-5-7-15/h3-7,11-14,17-18,22-25,31-32,43-44H,8-10H2,1-2H3,(H,47,57)(H,48,58)(H,37,38,45)(H,33,34,39,46)/t17-,18-,22-,23-,24-,25-,31-,32-,55?,56?/m1/s1. The Balaban J connectivity index is 1.05. The number of carbonyl (C=O) groups excluding carboxylic acids is 3. The number of benzene rings is 1. The number of hydrogen-bond donors (Lipinski definition) is 6. The summed E-state index contributed by atoms with van der Waals surface area (Å²) in [6.45, 7) is -6.66. The predicted molar refractivity (Wildman–Crippen MR) is 206 cm³/mol. The molecule has 0 radical (unpaired) electrons. The Kier molecular flexibility index (Phi) is 11.2. The number of aliphatic hydroxyl groups is 2. The second-order valence-electron chi connectivity index (χ2n) is 13.8. The van der Waals surface area contributed by atoms with E-state index in [1.165, 1.54) is 28.1 Å². The van der Waals surface area contributed by atoms with Crippen molar-refractivity contribution >= 4 is 83.8 Å². The number of aliphatic hydroxyl groups excluding tert-OH is 2. The van der Waals surface area contributed by atoms with Crippen LogP contribution in [0.4, 0.5) is 11.6 Å². The van der Waals surface area contributed by atoms with Crippen molar-refractivity contribution < 1.29 is 61.6 Å². The van der Waals surface area contributed by atoms with E-state index in [9.17, 15) is 34.1 Å². The molecule has 26 heteroatoms. The van der Waals surface area contributed by atoms with Gasteiger partial charge in [-0.25, -0.2) is 29.5 Å². The van der Waals surface area contributed by atoms with Gasteiger partial charge in [-0.1, -0.05) is 44.3 Å². The molecule has 5 N–H and O–H groups in total. The van der Waals surface area contributed by atoms with Gasteiger partial charge in [0.1, 0.15) is 48.8 Å². The highest BCUT2D eigenvalue weighted by Gasteiger charge is 2.53. The Bertz CT molecular complexity index is 2400. The number of imidazole rings is 2. The molecule has 10 atom stereocenters. The van der Waals surface area contributed by atoms with Gasteiger partial charge in [-0.2, -0.15) is 0 Å². The lowest BCUT2D eigenvalue weighted by Gasteiger charge is -2.27. The normalized spacial score (nSPS) is 32.7. The molecule has 4 aliphatic rings. The number of ketones is 1. The van der Waals surface area contributed by atoms with Crippen molar-refractivity contribution in [2.24, 2.45) is 10.9 Å². The summed E-state index contributed by atoms with van der Waals surface area (Å²) >= 11 is 9.48. The second-order valence-corrected chi connectivity index (χ2v) is 19.4. The molecule has 0 spiro atoms. The molecule has 2 amide bonds. The largest absolute Gasteiger partial charge is 0.387 e. The van der Waals surface area contributed by atoms with Gasteiger partial charge in [-0.15, -0.1) is 0 Å². The van der Waals surface area contributed by atoms with Crippen LogP contribution in [-0.2, 0) is 48.7 Å². The molecule has 2 unspecified atom stereocenters. The molecule has 7 heterocycles. The predicted octanol–water partition coefficient (Wildman–Crippen LogP) is 1.95. The van der Waals surface area contributed by atoms with Gasteiger partial charge in [0.25, 0.3) is 5.91 Å². The minimum atomic E-state index is -4.43. The number of nitrogens with zero attached hydrogens (tertiary/aromatic N) is 7. The first-order valence-corrected chi connectivity index (χ1v) is 22.9. The molecule has 2 bridgehead atoms. The highest BCUT2D eigenvalue weighted by molar-refractivity contribution is 8.44. The number of nitrogens with one attached hydrogen (secondary N) is 2. The monoisotopic (exact) mass is 879 g/mol. The molecule has 3 fully saturated rings. The minimum absolute atomic E-state index is 0.0354. The number of carbonyl (C=O) groups is 3. The van der Waals surface area contributed by atoms with Gasteiger partial charge < -0.3 is 39.7 Å². The van der Waals surface area contributed by atoms with Crippen molar-refractivity contribution in [3.8, 4) is 0 Å². The van der Waals surface area contributed by atoms with Crippen LogP contribution >= 0.6 is 25.8 Å². The van der Waals surface area contributed by atoms with Gasteiger partial charge in [0, 0.05) is 11.5 Å². The Morgan fingerprint density at radius 1 is 0.931 bits per heavy atom. The summed E-state index contributed by atoms with van der Waals surface area (Å²) in [7, 11) is 0. The number of hydrogen-bond acceptors (Lipinski definition) is 18. The maximum absolute atomic E-state index is 13.7. The van der Waals surface area contributed by atoms with Crippen molar-refractivity contribution in [3.63, 3.8) is 0 Å². The molecular formula is C32H35N9O13P2S2. The van der Waals surface area contributed by atoms with E-state index in [2.05, 4.69) is 47.8 Å². The van der Waals surface area contributed by atoms with Crippen LogP contribution in [0.15, 0.2) is 54.3 Å². The molecule has 0 aliphatic carbocycles. The van der Waals surface area contributed by atoms with E-state index in [1.54, 1.807) is 44.2 Å². The zero-order valence-electron chi connectivity index (χ0n) is 30.2. The van der Waals surface area contributed by atoms with Gasteiger partial charge >= 0.3 is 13.5 Å². The Morgan fingerprint density at radius 2 is 1.66 bits per heavy atom. The minimum Gasteiger partial charge on any atom is -0.387 e. The average Bonchev–Trinajstić information content (AvgIpc) is 3.95. The number of ether oxygens (including phenoxy) is 2. The number of aliphatic imine (C=N–C) groups is 1. The van der Waals surface area contributed by atoms with Crippen LogP contribution in [0.25, 0.3) is 11.2 Å². The van der Waals surface area contributed by atoms with Crippen LogP contribution in [0.3, 0.4) is 0 Å². The molecule has 8 rings (SSSR count). The van der Waals surface area contributed by atoms with Crippen molar-refractivity contribution in [2.75, 3.05) is 18.5 Å². The van der Waals surface area contributed by atoms with Crippen molar-refractivity contribution in [1.82, 2.24) is 34.4 Å². The summed E-state index contributed by atoms with van der Waals surface area (Å²) in [5.74, 6) is -1.59. The first-order chi connectivity index (χ1) is 27.6. The van der Waals surface area contributed by atoms with Crippen LogP contribution in [0.2, 0.25) is 0 Å². The zero-order chi connectivity index (χ0) is 41.1. The van der Waals surface area contributed by atoms with Crippen LogP contribution < -0.4 is 10.6 Å². The van der Waals surface area contributed by atoms with Crippen molar-refractivity contribution in [1.29, 1.82) is 0 Å². The first-order valence-electron chi connectivity index (χ1n) is 17.6. The second kappa shape index (κ2) is 16.0. The van der Waals surface area contributed by atoms with E-state index in [-0.39, 0.29) is 46.7 Å². The summed E-state index contributed by atoms with van der Waals surface area (Å²) in [4.78, 5) is 70.9. The summed E-state index contributed by atoms with van der Waals surface area (Å²) < 4.78 is 51.4. The number of fused-ring (bicyclic) bond motifs is 5. The van der Waals surface area contributed by atoms with E-state index >= 15 is 0 Å². The fourth-order valence-electron chi connectivity index (χ4n) is 6.62. The molecule has 0 saturated carbocycles. The quantitative estimate of drug-likeness (QED) is 0.123. The molecule has 3 aromatic heterocycles. The summed E-state index contributed by atoms with van der Waals surface area (Å²) in [5, 5.41) is 28.3. The zero-order valence-corrected chi connectivity index (χ0v) is 33.7. The molecule has 4 aliphatic heterocycles. The summed E-state index contributed by atoms with van der Waals surface area (Å²) in [6.07, 6.45) is -8.16. The topological polar surface area (TPSA) is 282 Å². The van der Waals surface area contributed by atoms with Crippen LogP contribution in [0.5, 0.6) is 0 Å². The fourth-order valence-corrected chi connectivity index (χ4v) is 9.52. The number of amides is 2. The molecule has 58 heavy (non-hydrogen) atoms. The SMILES string of the molecule is CC(C)C(=O)NC1=Nc2c(ncn2[C@@H]2O[C@@H]3COP(O)(=S)O[C@@H]4[C@H](O)[C@@H](COP(=O)(S)O[C@H]3[C@H]2O)O[C@H]4n2cnc3c(NC(=O)c4ccccc4)ncnc32)C(=O)C1. The lowest BCUT2D eigenvalue weighted by atomic mass is 10.1. The lowest BCUT2D eigenvalue weighted by Crippen LogP contribution is -2.37. The molecule has 3 saturated heterocycles. The third-order valence-corrected chi connectivity index (χ3v) is 12.7. The molecule has 22 nitrogen and oxygen atoms in total. The number of amidine groups is 1. The van der Waals surface area contributed by atoms with Crippen molar-refractivity contribution in [3.05, 3.63) is 60.6 Å². The molecule has 1 aromatic carbocycles. The molecule has 4 aromatic rings. The highest BCUT2D eigenvalue weighted by atomic mass is 32.7. The smallest absolute Gasteiger partial charge is 0.386 e. The van der Waals surface area contributed by atoms with Gasteiger partial charge in [0.15, 0.2) is 46.7 Å². The van der Waals surface area contributed by atoms with Crippen LogP contribution in [0.1, 0.15) is 53.6 Å². The van der Waals surface area contributed by atoms with E-state index < -0.39 is 93.4 Å². The third kappa shape index (κ3) is 8.05. The first kappa shape index (κ1) is 40.9. The Labute approximate surface area is 338 Å². The van der Waals surface area contributed by atoms with E-state index in [0.29, 0.717) is 5.56 Å². The number of rotatable bonds is 5. The van der Waals surface area contributed by atoms with E-state index in [1.807, 2.05) is 0 Å². The Morgan fingerprint density at radius 3 is 2.41 bits per heavy atom. The van der Waals surface area contributed by atoms with E-state index in [0.717, 1.165) is 0 Å². The highest BCUT2D eigenvalue weighted by Crippen LogP contribution is 2.58. The number of aromatic nitrogens is 6. The van der Waals surface area contributed by atoms with Gasteiger partial charge in [0.05, 0.1) is 32.3 Å². The number of Topliss-reactive ketones (excluding diaryl/α,β-unsaturated/α-hetero) is 1. The van der Waals surface area contributed by atoms with Gasteiger partial charge in [-0.05, 0) is 23.9 Å². The molecular weight excluding hydrogens is 844 g/mol. The van der Waals surface area contributed by atoms with Crippen molar-refractivity contribution in [2.45, 2.75) is 69.3 Å². The summed E-state index contributed by atoms with van der Waals surface area (Å²) in [6, 6.07) is 8.42. The van der Waals surface area contributed by atoms with E-state index in [4.69, 9.17) is 39.4 Å². The number of thiol groups is 1. The number of anilines is 1.